The summed E-state index contributed by atoms with van der Waals surface area (Å²) in [7, 11) is 1.71. The summed E-state index contributed by atoms with van der Waals surface area (Å²) in [6.45, 7) is 1.65. The van der Waals surface area contributed by atoms with Crippen LogP contribution in [0.2, 0.25) is 0 Å². The standard InChI is InChI=1S/C12H16BrF2N/c1-10(8-13)16(2)9-12(14,15)11-6-4-3-5-7-11/h3-7,10H,8-9H2,1-2H3. The highest BCUT2D eigenvalue weighted by Crippen LogP contribution is 2.28. The number of halogens is 3. The van der Waals surface area contributed by atoms with Crippen LogP contribution in [0.3, 0.4) is 0 Å². The molecule has 0 N–H and O–H groups in total. The van der Waals surface area contributed by atoms with Gasteiger partial charge < -0.3 is 0 Å². The molecule has 0 spiro atoms. The zero-order chi connectivity index (χ0) is 12.2. The number of nitrogens with zero attached hydrogens (tertiary/aromatic N) is 1. The average Bonchev–Trinajstić information content (AvgIpc) is 2.28. The summed E-state index contributed by atoms with van der Waals surface area (Å²) in [5.74, 6) is -2.80. The van der Waals surface area contributed by atoms with Crippen molar-refractivity contribution in [2.75, 3.05) is 18.9 Å². The van der Waals surface area contributed by atoms with E-state index in [0.29, 0.717) is 5.33 Å². The van der Waals surface area contributed by atoms with E-state index in [9.17, 15) is 8.78 Å². The lowest BCUT2D eigenvalue weighted by Crippen LogP contribution is -2.38. The van der Waals surface area contributed by atoms with Gasteiger partial charge in [-0.15, -0.1) is 0 Å². The average molecular weight is 292 g/mol. The first-order valence-electron chi connectivity index (χ1n) is 5.17. The van der Waals surface area contributed by atoms with Gasteiger partial charge in [0.2, 0.25) is 0 Å². The maximum Gasteiger partial charge on any atom is 0.285 e. The number of hydrogen-bond donors (Lipinski definition) is 0. The van der Waals surface area contributed by atoms with Gasteiger partial charge in [-0.1, -0.05) is 46.3 Å². The molecule has 0 heterocycles. The fourth-order valence-electron chi connectivity index (χ4n) is 1.36. The molecule has 4 heteroatoms. The zero-order valence-electron chi connectivity index (χ0n) is 9.46. The van der Waals surface area contributed by atoms with Crippen LogP contribution in [-0.4, -0.2) is 29.9 Å². The van der Waals surface area contributed by atoms with Gasteiger partial charge in [0, 0.05) is 16.9 Å². The van der Waals surface area contributed by atoms with Gasteiger partial charge in [-0.3, -0.25) is 4.90 Å². The summed E-state index contributed by atoms with van der Waals surface area (Å²) in [4.78, 5) is 1.65. The van der Waals surface area contributed by atoms with Crippen LogP contribution in [-0.2, 0) is 5.92 Å². The maximum atomic E-state index is 13.8. The van der Waals surface area contributed by atoms with Crippen LogP contribution < -0.4 is 0 Å². The Balaban J connectivity index is 2.72. The van der Waals surface area contributed by atoms with Crippen LogP contribution >= 0.6 is 15.9 Å². The Morgan fingerprint density at radius 2 is 1.88 bits per heavy atom. The molecule has 1 atom stereocenters. The number of rotatable bonds is 5. The van der Waals surface area contributed by atoms with Crippen LogP contribution in [0.4, 0.5) is 8.78 Å². The number of hydrogen-bond acceptors (Lipinski definition) is 1. The predicted molar refractivity (Wildman–Crippen MR) is 66.2 cm³/mol. The molecule has 1 rings (SSSR count). The Morgan fingerprint density at radius 1 is 1.31 bits per heavy atom. The van der Waals surface area contributed by atoms with Crippen molar-refractivity contribution < 1.29 is 8.78 Å². The Morgan fingerprint density at radius 3 is 2.38 bits per heavy atom. The predicted octanol–water partition coefficient (Wildman–Crippen LogP) is 3.49. The Bertz CT molecular complexity index is 316. The maximum absolute atomic E-state index is 13.8. The highest BCUT2D eigenvalue weighted by Gasteiger charge is 2.33. The Labute approximate surface area is 104 Å². The second-order valence-electron chi connectivity index (χ2n) is 3.99. The quantitative estimate of drug-likeness (QED) is 0.751. The first-order valence-corrected chi connectivity index (χ1v) is 6.29. The molecule has 0 radical (unpaired) electrons. The van der Waals surface area contributed by atoms with E-state index >= 15 is 0 Å². The van der Waals surface area contributed by atoms with Crippen LogP contribution in [0.1, 0.15) is 12.5 Å². The fraction of sp³-hybridized carbons (Fsp3) is 0.500. The molecule has 1 aromatic rings. The monoisotopic (exact) mass is 291 g/mol. The first-order chi connectivity index (χ1) is 7.47. The van der Waals surface area contributed by atoms with Gasteiger partial charge in [-0.2, -0.15) is 8.78 Å². The van der Waals surface area contributed by atoms with Crippen LogP contribution in [0.25, 0.3) is 0 Å². The van der Waals surface area contributed by atoms with Crippen LogP contribution in [0, 0.1) is 0 Å². The van der Waals surface area contributed by atoms with E-state index in [1.165, 1.54) is 12.1 Å². The third-order valence-corrected chi connectivity index (χ3v) is 3.56. The lowest BCUT2D eigenvalue weighted by atomic mass is 10.1. The molecule has 0 amide bonds. The molecule has 0 aliphatic carbocycles. The topological polar surface area (TPSA) is 3.24 Å². The second-order valence-corrected chi connectivity index (χ2v) is 4.64. The van der Waals surface area contributed by atoms with Gasteiger partial charge in [0.05, 0.1) is 6.54 Å². The van der Waals surface area contributed by atoms with E-state index in [-0.39, 0.29) is 18.2 Å². The van der Waals surface area contributed by atoms with Crippen molar-refractivity contribution in [1.29, 1.82) is 0 Å². The summed E-state index contributed by atoms with van der Waals surface area (Å²) in [6, 6.07) is 8.03. The highest BCUT2D eigenvalue weighted by molar-refractivity contribution is 9.09. The van der Waals surface area contributed by atoms with Gasteiger partial charge in [0.15, 0.2) is 0 Å². The lowest BCUT2D eigenvalue weighted by Gasteiger charge is -2.28. The first kappa shape index (κ1) is 13.6. The number of alkyl halides is 3. The minimum atomic E-state index is -2.80. The molecule has 0 aliphatic rings. The summed E-state index contributed by atoms with van der Waals surface area (Å²) in [5.41, 5.74) is 0.0728. The smallest absolute Gasteiger partial charge is 0.285 e. The van der Waals surface area contributed by atoms with E-state index in [2.05, 4.69) is 15.9 Å². The van der Waals surface area contributed by atoms with E-state index < -0.39 is 5.92 Å². The van der Waals surface area contributed by atoms with Gasteiger partial charge in [-0.25, -0.2) is 0 Å². The molecule has 0 aliphatic heterocycles. The van der Waals surface area contributed by atoms with Gasteiger partial charge in [0.25, 0.3) is 5.92 Å². The van der Waals surface area contributed by atoms with Crippen LogP contribution in [0.15, 0.2) is 30.3 Å². The molecular weight excluding hydrogens is 276 g/mol. The molecule has 1 unspecified atom stereocenters. The highest BCUT2D eigenvalue weighted by atomic mass is 79.9. The van der Waals surface area contributed by atoms with Gasteiger partial charge in [-0.05, 0) is 14.0 Å². The molecule has 0 bridgehead atoms. The SMILES string of the molecule is CC(CBr)N(C)CC(F)(F)c1ccccc1. The molecule has 0 aromatic heterocycles. The number of benzene rings is 1. The minimum Gasteiger partial charge on any atom is -0.297 e. The van der Waals surface area contributed by atoms with Gasteiger partial charge in [0.1, 0.15) is 0 Å². The van der Waals surface area contributed by atoms with E-state index in [0.717, 1.165) is 0 Å². The van der Waals surface area contributed by atoms with Crippen molar-refractivity contribution >= 4 is 15.9 Å². The molecule has 0 saturated carbocycles. The summed E-state index contributed by atoms with van der Waals surface area (Å²) < 4.78 is 27.7. The molecule has 1 nitrogen and oxygen atoms in total. The normalized spacial score (nSPS) is 14.1. The Kier molecular flexibility index (Phi) is 4.87. The molecule has 16 heavy (non-hydrogen) atoms. The largest absolute Gasteiger partial charge is 0.297 e. The number of likely N-dealkylation sites (N-methyl/N-ethyl adjacent to an activating group) is 1. The van der Waals surface area contributed by atoms with E-state index in [1.54, 1.807) is 30.1 Å². The summed E-state index contributed by atoms with van der Waals surface area (Å²) in [5, 5.41) is 0.689. The van der Waals surface area contributed by atoms with Crippen molar-refractivity contribution in [3.63, 3.8) is 0 Å². The molecule has 90 valence electrons. The van der Waals surface area contributed by atoms with Gasteiger partial charge >= 0.3 is 0 Å². The van der Waals surface area contributed by atoms with E-state index in [1.807, 2.05) is 6.92 Å². The third kappa shape index (κ3) is 3.52. The van der Waals surface area contributed by atoms with Crippen molar-refractivity contribution in [2.45, 2.75) is 18.9 Å². The minimum absolute atomic E-state index is 0.0728. The van der Waals surface area contributed by atoms with E-state index in [4.69, 9.17) is 0 Å². The zero-order valence-corrected chi connectivity index (χ0v) is 11.0. The fourth-order valence-corrected chi connectivity index (χ4v) is 1.85. The Hall–Kier alpha value is -0.480. The summed E-state index contributed by atoms with van der Waals surface area (Å²) in [6.07, 6.45) is 0. The molecule has 1 aromatic carbocycles. The molecule has 0 fully saturated rings. The molecular formula is C12H16BrF2N. The third-order valence-electron chi connectivity index (χ3n) is 2.62. The lowest BCUT2D eigenvalue weighted by molar-refractivity contribution is -0.0377. The van der Waals surface area contributed by atoms with Crippen molar-refractivity contribution in [3.05, 3.63) is 35.9 Å². The van der Waals surface area contributed by atoms with Crippen molar-refractivity contribution in [2.24, 2.45) is 0 Å². The summed E-state index contributed by atoms with van der Waals surface area (Å²) >= 11 is 3.29. The molecule has 0 saturated heterocycles. The second kappa shape index (κ2) is 5.73. The van der Waals surface area contributed by atoms with Crippen LogP contribution in [0.5, 0.6) is 0 Å². The van der Waals surface area contributed by atoms with Crippen molar-refractivity contribution in [3.8, 4) is 0 Å². The van der Waals surface area contributed by atoms with Crippen molar-refractivity contribution in [1.82, 2.24) is 4.90 Å².